The number of ether oxygens (including phenoxy) is 2. The van der Waals surface area contributed by atoms with Crippen LogP contribution in [0.5, 0.6) is 5.75 Å². The molecule has 144 valence electrons. The van der Waals surface area contributed by atoms with Crippen LogP contribution in [0.25, 0.3) is 0 Å². The number of nitrogens with one attached hydrogen (secondary N) is 1. The minimum absolute atomic E-state index is 0.243. The first kappa shape index (κ1) is 20.8. The Labute approximate surface area is 164 Å². The lowest BCUT2D eigenvalue weighted by molar-refractivity contribution is -0.151. The average Bonchev–Trinajstić information content (AvgIpc) is 2.67. The quantitative estimate of drug-likeness (QED) is 0.479. The molecule has 0 radical (unpaired) electrons. The number of amides is 1. The highest BCUT2D eigenvalue weighted by Crippen LogP contribution is 2.17. The summed E-state index contributed by atoms with van der Waals surface area (Å²) in [5.74, 6) is -0.140. The van der Waals surface area contributed by atoms with Crippen LogP contribution in [-0.2, 0) is 9.53 Å². The third-order valence-corrected chi connectivity index (χ3v) is 4.11. The molecule has 1 amide bonds. The van der Waals surface area contributed by atoms with E-state index in [1.54, 1.807) is 55.5 Å². The Morgan fingerprint density at radius 3 is 2.33 bits per heavy atom. The standard InChI is InChI=1S/C21H24ClNO4/c1-3-4-5-14-26-21(25)15(2)27-19-12-6-16(7-13-19)20(24)23-18-10-8-17(22)9-11-18/h6-13,15H,3-5,14H2,1-2H3,(H,23,24). The molecule has 1 unspecified atom stereocenters. The largest absolute Gasteiger partial charge is 0.479 e. The summed E-state index contributed by atoms with van der Waals surface area (Å²) in [6, 6.07) is 13.4. The first-order chi connectivity index (χ1) is 13.0. The van der Waals surface area contributed by atoms with Gasteiger partial charge in [0.25, 0.3) is 5.91 Å². The highest BCUT2D eigenvalue weighted by molar-refractivity contribution is 6.30. The number of carbonyl (C=O) groups excluding carboxylic acids is 2. The molecule has 0 spiro atoms. The maximum Gasteiger partial charge on any atom is 0.347 e. The Morgan fingerprint density at radius 2 is 1.70 bits per heavy atom. The number of esters is 1. The van der Waals surface area contributed by atoms with Crippen molar-refractivity contribution < 1.29 is 19.1 Å². The zero-order chi connectivity index (χ0) is 19.6. The topological polar surface area (TPSA) is 64.6 Å². The Kier molecular flexibility index (Phi) is 8.14. The number of anilines is 1. The minimum Gasteiger partial charge on any atom is -0.479 e. The van der Waals surface area contributed by atoms with Crippen LogP contribution >= 0.6 is 11.6 Å². The van der Waals surface area contributed by atoms with Crippen molar-refractivity contribution in [2.45, 2.75) is 39.2 Å². The summed E-state index contributed by atoms with van der Waals surface area (Å²) in [6.45, 7) is 4.14. The molecule has 2 aromatic carbocycles. The van der Waals surface area contributed by atoms with Gasteiger partial charge in [0.05, 0.1) is 6.61 Å². The van der Waals surface area contributed by atoms with E-state index in [2.05, 4.69) is 12.2 Å². The first-order valence-electron chi connectivity index (χ1n) is 9.00. The fourth-order valence-electron chi connectivity index (χ4n) is 2.32. The van der Waals surface area contributed by atoms with E-state index >= 15 is 0 Å². The number of halogens is 1. The Balaban J connectivity index is 1.85. The minimum atomic E-state index is -0.708. The fourth-order valence-corrected chi connectivity index (χ4v) is 2.44. The van der Waals surface area contributed by atoms with E-state index < -0.39 is 12.1 Å². The normalized spacial score (nSPS) is 11.5. The van der Waals surface area contributed by atoms with Gasteiger partial charge >= 0.3 is 5.97 Å². The second-order valence-corrected chi connectivity index (χ2v) is 6.56. The molecule has 6 heteroatoms. The Bertz CT molecular complexity index is 744. The number of carbonyl (C=O) groups is 2. The van der Waals surface area contributed by atoms with E-state index in [0.717, 1.165) is 19.3 Å². The zero-order valence-electron chi connectivity index (χ0n) is 15.5. The second kappa shape index (κ2) is 10.6. The Morgan fingerprint density at radius 1 is 1.04 bits per heavy atom. The van der Waals surface area contributed by atoms with E-state index in [9.17, 15) is 9.59 Å². The maximum absolute atomic E-state index is 12.3. The molecule has 0 aromatic heterocycles. The highest BCUT2D eigenvalue weighted by Gasteiger charge is 2.16. The third-order valence-electron chi connectivity index (χ3n) is 3.86. The van der Waals surface area contributed by atoms with Crippen LogP contribution in [0.15, 0.2) is 48.5 Å². The van der Waals surface area contributed by atoms with E-state index in [0.29, 0.717) is 28.6 Å². The van der Waals surface area contributed by atoms with E-state index in [4.69, 9.17) is 21.1 Å². The number of rotatable bonds is 9. The van der Waals surface area contributed by atoms with Gasteiger partial charge < -0.3 is 14.8 Å². The molecule has 0 saturated heterocycles. The molecule has 0 heterocycles. The average molecular weight is 390 g/mol. The van der Waals surface area contributed by atoms with E-state index in [-0.39, 0.29) is 5.91 Å². The molecule has 0 aliphatic heterocycles. The summed E-state index contributed by atoms with van der Waals surface area (Å²) in [5.41, 5.74) is 1.14. The summed E-state index contributed by atoms with van der Waals surface area (Å²) < 4.78 is 10.8. The van der Waals surface area contributed by atoms with Crippen LogP contribution in [0.1, 0.15) is 43.5 Å². The van der Waals surface area contributed by atoms with Gasteiger partial charge in [-0.15, -0.1) is 0 Å². The van der Waals surface area contributed by atoms with Crippen molar-refractivity contribution in [1.82, 2.24) is 0 Å². The van der Waals surface area contributed by atoms with Crippen molar-refractivity contribution >= 4 is 29.2 Å². The van der Waals surface area contributed by atoms with Crippen LogP contribution in [0.2, 0.25) is 5.02 Å². The number of hydrogen-bond acceptors (Lipinski definition) is 4. The van der Waals surface area contributed by atoms with Crippen molar-refractivity contribution in [1.29, 1.82) is 0 Å². The van der Waals surface area contributed by atoms with Crippen molar-refractivity contribution in [2.75, 3.05) is 11.9 Å². The predicted molar refractivity (Wildman–Crippen MR) is 106 cm³/mol. The van der Waals surface area contributed by atoms with Gasteiger partial charge in [0, 0.05) is 16.3 Å². The van der Waals surface area contributed by atoms with Crippen LogP contribution in [-0.4, -0.2) is 24.6 Å². The molecule has 27 heavy (non-hydrogen) atoms. The second-order valence-electron chi connectivity index (χ2n) is 6.12. The fraction of sp³-hybridized carbons (Fsp3) is 0.333. The van der Waals surface area contributed by atoms with E-state index in [1.165, 1.54) is 0 Å². The number of benzene rings is 2. The van der Waals surface area contributed by atoms with Gasteiger partial charge in [-0.2, -0.15) is 0 Å². The van der Waals surface area contributed by atoms with Gasteiger partial charge in [0.1, 0.15) is 5.75 Å². The van der Waals surface area contributed by atoms with Crippen LogP contribution < -0.4 is 10.1 Å². The van der Waals surface area contributed by atoms with Crippen molar-refractivity contribution in [3.63, 3.8) is 0 Å². The molecule has 1 atom stereocenters. The van der Waals surface area contributed by atoms with E-state index in [1.807, 2.05) is 0 Å². The molecule has 2 rings (SSSR count). The Hall–Kier alpha value is -2.53. The lowest BCUT2D eigenvalue weighted by Gasteiger charge is -2.14. The molecular formula is C21H24ClNO4. The lowest BCUT2D eigenvalue weighted by Crippen LogP contribution is -2.26. The van der Waals surface area contributed by atoms with Crippen LogP contribution in [0.3, 0.4) is 0 Å². The molecule has 5 nitrogen and oxygen atoms in total. The number of hydrogen-bond donors (Lipinski definition) is 1. The molecule has 0 bridgehead atoms. The van der Waals surface area contributed by atoms with Gasteiger partial charge in [-0.05, 0) is 61.9 Å². The summed E-state index contributed by atoms with van der Waals surface area (Å²) >= 11 is 5.83. The summed E-state index contributed by atoms with van der Waals surface area (Å²) in [4.78, 5) is 24.1. The van der Waals surface area contributed by atoms with Gasteiger partial charge in [0.2, 0.25) is 0 Å². The molecule has 2 aromatic rings. The molecular weight excluding hydrogens is 366 g/mol. The molecule has 1 N–H and O–H groups in total. The summed E-state index contributed by atoms with van der Waals surface area (Å²) in [7, 11) is 0. The third kappa shape index (κ3) is 6.94. The van der Waals surface area contributed by atoms with Gasteiger partial charge in [-0.25, -0.2) is 4.79 Å². The van der Waals surface area contributed by atoms with Gasteiger partial charge in [-0.3, -0.25) is 4.79 Å². The molecule has 0 aliphatic carbocycles. The number of unbranched alkanes of at least 4 members (excludes halogenated alkanes) is 2. The zero-order valence-corrected chi connectivity index (χ0v) is 16.3. The summed E-state index contributed by atoms with van der Waals surface area (Å²) in [5, 5.41) is 3.39. The van der Waals surface area contributed by atoms with Crippen LogP contribution in [0.4, 0.5) is 5.69 Å². The smallest absolute Gasteiger partial charge is 0.347 e. The first-order valence-corrected chi connectivity index (χ1v) is 9.37. The molecule has 0 fully saturated rings. The van der Waals surface area contributed by atoms with Crippen molar-refractivity contribution in [2.24, 2.45) is 0 Å². The predicted octanol–water partition coefficient (Wildman–Crippen LogP) is 5.09. The SMILES string of the molecule is CCCCCOC(=O)C(C)Oc1ccc(C(=O)Nc2ccc(Cl)cc2)cc1. The van der Waals surface area contributed by atoms with Gasteiger partial charge in [0.15, 0.2) is 6.10 Å². The monoisotopic (exact) mass is 389 g/mol. The molecule has 0 saturated carbocycles. The van der Waals surface area contributed by atoms with Gasteiger partial charge in [-0.1, -0.05) is 31.4 Å². The lowest BCUT2D eigenvalue weighted by atomic mass is 10.2. The highest BCUT2D eigenvalue weighted by atomic mass is 35.5. The van der Waals surface area contributed by atoms with Crippen molar-refractivity contribution in [3.8, 4) is 5.75 Å². The summed E-state index contributed by atoms with van der Waals surface area (Å²) in [6.07, 6.45) is 2.25. The van der Waals surface area contributed by atoms with Crippen LogP contribution in [0, 0.1) is 0 Å². The maximum atomic E-state index is 12.3. The van der Waals surface area contributed by atoms with Crippen molar-refractivity contribution in [3.05, 3.63) is 59.1 Å². The molecule has 0 aliphatic rings.